The molecule has 0 aliphatic carbocycles. The van der Waals surface area contributed by atoms with Crippen molar-refractivity contribution in [1.82, 2.24) is 14.8 Å². The summed E-state index contributed by atoms with van der Waals surface area (Å²) in [7, 11) is 0. The number of nitrogens with one attached hydrogen (secondary N) is 1. The molecule has 1 saturated heterocycles. The quantitative estimate of drug-likeness (QED) is 0.683. The molecule has 0 spiro atoms. The number of fused-ring (bicyclic) bond motifs is 5. The summed E-state index contributed by atoms with van der Waals surface area (Å²) in [5.74, 6) is -2.18. The zero-order valence-electron chi connectivity index (χ0n) is 22.9. The summed E-state index contributed by atoms with van der Waals surface area (Å²) in [6.07, 6.45) is -2.82. The molecule has 3 aliphatic rings. The number of carbonyl (C=O) groups is 2. The second-order valence-electron chi connectivity index (χ2n) is 6.98. The summed E-state index contributed by atoms with van der Waals surface area (Å²) in [4.78, 5) is 31.4. The Labute approximate surface area is 178 Å². The average molecular weight is 397 g/mol. The second kappa shape index (κ2) is 5.76. The van der Waals surface area contributed by atoms with Crippen molar-refractivity contribution in [2.75, 3.05) is 20.3 Å². The Hall–Kier alpha value is -3.48. The van der Waals surface area contributed by atoms with Gasteiger partial charge in [0.2, 0.25) is 18.6 Å². The molecule has 0 radical (unpaired) electrons. The van der Waals surface area contributed by atoms with Gasteiger partial charge in [0.25, 0.3) is 0 Å². The normalized spacial score (nSPS) is 33.3. The molecule has 1 unspecified atom stereocenters. The van der Waals surface area contributed by atoms with Crippen molar-refractivity contribution >= 4 is 22.7 Å². The van der Waals surface area contributed by atoms with Gasteiger partial charge >= 0.3 is 0 Å². The van der Waals surface area contributed by atoms with Crippen LogP contribution < -0.4 is 9.47 Å². The molecule has 3 aromatic rings. The van der Waals surface area contributed by atoms with E-state index < -0.39 is 50.5 Å². The molecule has 146 valence electrons. The first-order chi connectivity index (χ1) is 17.2. The van der Waals surface area contributed by atoms with Gasteiger partial charge in [0.1, 0.15) is 8.76 Å². The lowest BCUT2D eigenvalue weighted by Gasteiger charge is -2.46. The highest BCUT2D eigenvalue weighted by atomic mass is 16.7. The molecule has 4 heterocycles. The van der Waals surface area contributed by atoms with Crippen LogP contribution in [0, 0.1) is 0 Å². The van der Waals surface area contributed by atoms with Crippen LogP contribution in [-0.4, -0.2) is 52.9 Å². The monoisotopic (exact) mass is 397 g/mol. The Morgan fingerprint density at radius 3 is 2.97 bits per heavy atom. The molecule has 6 rings (SSSR count). The van der Waals surface area contributed by atoms with E-state index in [1.165, 1.54) is 18.2 Å². The van der Waals surface area contributed by atoms with Crippen LogP contribution in [0.4, 0.5) is 0 Å². The first kappa shape index (κ1) is 10.3. The number of aromatic nitrogens is 1. The van der Waals surface area contributed by atoms with Crippen molar-refractivity contribution in [3.8, 4) is 11.5 Å². The van der Waals surface area contributed by atoms with Crippen LogP contribution in [0.25, 0.3) is 10.9 Å². The molecule has 7 heteroatoms. The van der Waals surface area contributed by atoms with Crippen LogP contribution in [0.5, 0.6) is 11.5 Å². The molecular weight excluding hydrogens is 370 g/mol. The van der Waals surface area contributed by atoms with E-state index >= 15 is 0 Å². The Balaban J connectivity index is 1.64. The van der Waals surface area contributed by atoms with Gasteiger partial charge in [-0.05, 0) is 29.3 Å². The molecule has 2 aromatic carbocycles. The van der Waals surface area contributed by atoms with Crippen molar-refractivity contribution in [2.45, 2.75) is 18.4 Å². The summed E-state index contributed by atoms with van der Waals surface area (Å²) in [5, 5.41) is 0.377. The topological polar surface area (TPSA) is 74.9 Å². The Kier molecular flexibility index (Phi) is 2.05. The first-order valence-corrected chi connectivity index (χ1v) is 8.94. The lowest BCUT2D eigenvalue weighted by Crippen LogP contribution is -2.62. The molecule has 0 saturated carbocycles. The molecular formula is C22H19N3O4. The number of rotatable bonds is 1. The smallest absolute Gasteiger partial charge is 0.245 e. The van der Waals surface area contributed by atoms with E-state index in [9.17, 15) is 11.0 Å². The van der Waals surface area contributed by atoms with Gasteiger partial charge in [0.15, 0.2) is 11.5 Å². The van der Waals surface area contributed by atoms with Gasteiger partial charge in [-0.3, -0.25) is 9.59 Å². The highest BCUT2D eigenvalue weighted by molar-refractivity contribution is 5.97. The highest BCUT2D eigenvalue weighted by Gasteiger charge is 2.47. The summed E-state index contributed by atoms with van der Waals surface area (Å²) in [6, 6.07) is 6.80. The number of likely N-dealkylation sites (N-methyl/N-ethyl adjacent to an activating group) is 1. The average Bonchev–Trinajstić information content (AvgIpc) is 3.33. The highest BCUT2D eigenvalue weighted by Crippen LogP contribution is 2.44. The Morgan fingerprint density at radius 1 is 1.21 bits per heavy atom. The van der Waals surface area contributed by atoms with E-state index in [0.717, 1.165) is 4.90 Å². The van der Waals surface area contributed by atoms with Gasteiger partial charge in [0, 0.05) is 36.8 Å². The minimum atomic E-state index is -3.07. The number of nitrogens with zero attached hydrogens (tertiary/aromatic N) is 2. The zero-order chi connectivity index (χ0) is 26.7. The molecule has 7 nitrogen and oxygen atoms in total. The third-order valence-corrected chi connectivity index (χ3v) is 5.35. The Morgan fingerprint density at radius 2 is 2.07 bits per heavy atom. The van der Waals surface area contributed by atoms with Crippen LogP contribution in [0.15, 0.2) is 42.5 Å². The van der Waals surface area contributed by atoms with Crippen LogP contribution in [-0.2, 0) is 16.0 Å². The molecule has 0 bridgehead atoms. The fourth-order valence-electron chi connectivity index (χ4n) is 4.06. The molecule has 29 heavy (non-hydrogen) atoms. The number of amides is 2. The Bertz CT molecular complexity index is 1500. The minimum Gasteiger partial charge on any atom is -0.454 e. The lowest BCUT2D eigenvalue weighted by atomic mass is 9.86. The van der Waals surface area contributed by atoms with E-state index in [4.69, 9.17) is 19.1 Å². The van der Waals surface area contributed by atoms with E-state index in [2.05, 4.69) is 4.98 Å². The largest absolute Gasteiger partial charge is 0.454 e. The number of hydrogen-bond acceptors (Lipinski definition) is 4. The van der Waals surface area contributed by atoms with E-state index in [-0.39, 0.29) is 33.2 Å². The molecule has 1 N–H and O–H groups in total. The van der Waals surface area contributed by atoms with Gasteiger partial charge in [0.05, 0.1) is 14.0 Å². The van der Waals surface area contributed by atoms with Crippen molar-refractivity contribution in [3.05, 3.63) is 59.3 Å². The van der Waals surface area contributed by atoms with Crippen LogP contribution in [0.1, 0.15) is 33.8 Å². The molecule has 2 amide bonds. The number of H-pyrrole nitrogens is 1. The molecule has 3 aliphatic heterocycles. The van der Waals surface area contributed by atoms with Crippen molar-refractivity contribution in [2.24, 2.45) is 0 Å². The number of piperazine rings is 1. The number of hydrogen-bond donors (Lipinski definition) is 1. The number of aromatic amines is 1. The number of para-hydroxylation sites is 1. The maximum Gasteiger partial charge on any atom is 0.245 e. The maximum atomic E-state index is 13.6. The minimum absolute atomic E-state index is 0.0178. The fourth-order valence-corrected chi connectivity index (χ4v) is 4.06. The van der Waals surface area contributed by atoms with Gasteiger partial charge in [-0.25, -0.2) is 0 Å². The van der Waals surface area contributed by atoms with Crippen molar-refractivity contribution < 1.29 is 30.0 Å². The van der Waals surface area contributed by atoms with Gasteiger partial charge in [-0.15, -0.1) is 0 Å². The van der Waals surface area contributed by atoms with Crippen LogP contribution >= 0.6 is 0 Å². The van der Waals surface area contributed by atoms with Crippen LogP contribution in [0.2, 0.25) is 0 Å². The third kappa shape index (κ3) is 2.24. The molecule has 1 fully saturated rings. The molecule has 1 aromatic heterocycles. The lowest BCUT2D eigenvalue weighted by molar-refractivity contribution is -0.157. The maximum absolute atomic E-state index is 13.6. The second-order valence-corrected chi connectivity index (χ2v) is 6.98. The van der Waals surface area contributed by atoms with E-state index in [1.807, 2.05) is 0 Å². The number of benzene rings is 2. The van der Waals surface area contributed by atoms with Gasteiger partial charge < -0.3 is 24.3 Å². The predicted molar refractivity (Wildman–Crippen MR) is 105 cm³/mol. The van der Waals surface area contributed by atoms with E-state index in [0.29, 0.717) is 10.9 Å². The summed E-state index contributed by atoms with van der Waals surface area (Å²) in [5.41, 5.74) is 0.943. The number of carbonyl (C=O) groups excluding carboxylic acids is 2. The zero-order valence-corrected chi connectivity index (χ0v) is 14.9. The van der Waals surface area contributed by atoms with Crippen molar-refractivity contribution in [1.29, 1.82) is 0 Å². The van der Waals surface area contributed by atoms with Gasteiger partial charge in [-0.1, -0.05) is 24.3 Å². The summed E-state index contributed by atoms with van der Waals surface area (Å²) < 4.78 is 76.2. The predicted octanol–water partition coefficient (Wildman–Crippen LogP) is 2.21. The summed E-state index contributed by atoms with van der Waals surface area (Å²) in [6.45, 7) is -6.36. The number of ether oxygens (including phenoxy) is 2. The van der Waals surface area contributed by atoms with Gasteiger partial charge in [-0.2, -0.15) is 0 Å². The molecule has 2 atom stereocenters. The SMILES string of the molecule is [2H]C1([2H])Oc2ccc(C3c4[nH]c5ccccc5c4C([2H])([2H])[C@]4([2H])C(=O)N(C([2H])([2H])[2H])CC(=O)N34)cc2O1. The third-order valence-electron chi connectivity index (χ3n) is 5.35. The fraction of sp³-hybridized carbons (Fsp3) is 0.273. The summed E-state index contributed by atoms with van der Waals surface area (Å²) >= 11 is 0. The first-order valence-electron chi connectivity index (χ1n) is 12.9. The van der Waals surface area contributed by atoms with E-state index in [1.54, 1.807) is 24.3 Å². The standard InChI is InChI=1S/C22H19N3O4/c1-24-10-19(26)25-16(22(24)27)9-14-13-4-2-3-5-15(13)23-20(14)21(25)12-6-7-17-18(8-12)29-11-28-17/h2-8,16,21,23H,9-11H2,1H3/t16-,21?/m1/s1/i1D3,9D2,11D2,16D. The van der Waals surface area contributed by atoms with Crippen molar-refractivity contribution in [3.63, 3.8) is 0 Å². The van der Waals surface area contributed by atoms with Crippen LogP contribution in [0.3, 0.4) is 0 Å².